The number of carbonyl (C=O) groups excluding carboxylic acids is 4. The number of hydrogen-bond donors (Lipinski definition) is 4. The minimum absolute atomic E-state index is 0.00190. The van der Waals surface area contributed by atoms with Crippen LogP contribution in [0.5, 0.6) is 5.75 Å². The van der Waals surface area contributed by atoms with Gasteiger partial charge in [0.25, 0.3) is 5.91 Å². The molecule has 2 aromatic heterocycles. The largest absolute Gasteiger partial charge is 0.483 e. The molecule has 60 heavy (non-hydrogen) atoms. The number of morpholine rings is 1. The summed E-state index contributed by atoms with van der Waals surface area (Å²) in [5, 5.41) is 22.4. The van der Waals surface area contributed by atoms with Crippen LogP contribution in [0.15, 0.2) is 59.4 Å². The number of ether oxygens (including phenoxy) is 2. The SMILES string of the molecule is Cc1ncsc1-c1ccc([C@@H](C)NC(=O)[C@H]2C[C@H](O)CN2C(=O)[C@H](NC(=O)CCCCCNC(=O)COc2ccccc2-c2csc(N3CCOCC3)n2)C(C)(C)C)cc1. The third-order valence-electron chi connectivity index (χ3n) is 10.8. The van der Waals surface area contributed by atoms with Crippen LogP contribution < -0.4 is 25.6 Å². The molecule has 0 aliphatic carbocycles. The van der Waals surface area contributed by atoms with Gasteiger partial charge in [-0.25, -0.2) is 9.97 Å². The van der Waals surface area contributed by atoms with Gasteiger partial charge < -0.3 is 40.3 Å². The highest BCUT2D eigenvalue weighted by Gasteiger charge is 2.44. The summed E-state index contributed by atoms with van der Waals surface area (Å²) in [5.74, 6) is -0.694. The van der Waals surface area contributed by atoms with E-state index in [0.717, 1.165) is 51.2 Å². The molecule has 2 aliphatic heterocycles. The lowest BCUT2D eigenvalue weighted by atomic mass is 9.85. The molecule has 4 heterocycles. The topological polar surface area (TPSA) is 175 Å². The lowest BCUT2D eigenvalue weighted by Gasteiger charge is -2.35. The van der Waals surface area contributed by atoms with Crippen molar-refractivity contribution in [3.05, 3.63) is 70.7 Å². The summed E-state index contributed by atoms with van der Waals surface area (Å²) < 4.78 is 11.4. The maximum atomic E-state index is 14.1. The van der Waals surface area contributed by atoms with E-state index in [1.54, 1.807) is 22.7 Å². The molecule has 2 aromatic carbocycles. The number of β-amino-alcohol motifs (C(OH)–C–C–N with tert-alkyl or cyclic N) is 1. The number of likely N-dealkylation sites (tertiary alicyclic amines) is 1. The summed E-state index contributed by atoms with van der Waals surface area (Å²) in [6, 6.07) is 13.4. The Morgan fingerprint density at radius 3 is 2.45 bits per heavy atom. The first-order chi connectivity index (χ1) is 28.8. The Morgan fingerprint density at radius 2 is 1.73 bits per heavy atom. The molecule has 0 bridgehead atoms. The van der Waals surface area contributed by atoms with Gasteiger partial charge in [0.1, 0.15) is 17.8 Å². The molecule has 2 aliphatic rings. The van der Waals surface area contributed by atoms with Crippen molar-refractivity contribution in [3.8, 4) is 27.4 Å². The molecule has 2 saturated heterocycles. The summed E-state index contributed by atoms with van der Waals surface area (Å²) in [6.45, 7) is 12.7. The smallest absolute Gasteiger partial charge is 0.257 e. The molecule has 4 N–H and O–H groups in total. The van der Waals surface area contributed by atoms with E-state index < -0.39 is 29.5 Å². The van der Waals surface area contributed by atoms with Gasteiger partial charge in [-0.05, 0) is 55.4 Å². The molecular weight excluding hydrogens is 803 g/mol. The van der Waals surface area contributed by atoms with Crippen LogP contribution in [-0.2, 0) is 23.9 Å². The fourth-order valence-corrected chi connectivity index (χ4v) is 9.04. The number of benzene rings is 2. The van der Waals surface area contributed by atoms with Crippen molar-refractivity contribution in [1.29, 1.82) is 0 Å². The van der Waals surface area contributed by atoms with Crippen LogP contribution in [0.25, 0.3) is 21.7 Å². The molecule has 4 amide bonds. The number of aliphatic hydroxyl groups is 1. The van der Waals surface area contributed by atoms with E-state index in [2.05, 4.69) is 25.8 Å². The zero-order valence-corrected chi connectivity index (χ0v) is 36.7. The van der Waals surface area contributed by atoms with Gasteiger partial charge in [0, 0.05) is 50.0 Å². The zero-order valence-electron chi connectivity index (χ0n) is 35.1. The first kappa shape index (κ1) is 44.6. The van der Waals surface area contributed by atoms with Crippen molar-refractivity contribution in [2.24, 2.45) is 5.41 Å². The van der Waals surface area contributed by atoms with Crippen LogP contribution in [0.3, 0.4) is 0 Å². The van der Waals surface area contributed by atoms with Crippen LogP contribution in [-0.4, -0.2) is 108 Å². The number of aromatic nitrogens is 2. The van der Waals surface area contributed by atoms with Crippen molar-refractivity contribution >= 4 is 51.4 Å². The van der Waals surface area contributed by atoms with Crippen LogP contribution in [0.4, 0.5) is 5.13 Å². The molecule has 0 saturated carbocycles. The minimum atomic E-state index is -0.905. The van der Waals surface area contributed by atoms with Gasteiger partial charge in [-0.2, -0.15) is 0 Å². The lowest BCUT2D eigenvalue weighted by molar-refractivity contribution is -0.144. The van der Waals surface area contributed by atoms with Crippen molar-refractivity contribution in [3.63, 3.8) is 0 Å². The van der Waals surface area contributed by atoms with Gasteiger partial charge in [0.15, 0.2) is 11.7 Å². The first-order valence-corrected chi connectivity index (χ1v) is 22.4. The van der Waals surface area contributed by atoms with Crippen molar-refractivity contribution in [2.75, 3.05) is 50.9 Å². The van der Waals surface area contributed by atoms with E-state index in [9.17, 15) is 24.3 Å². The van der Waals surface area contributed by atoms with Gasteiger partial charge in [-0.3, -0.25) is 19.2 Å². The Morgan fingerprint density at radius 1 is 0.983 bits per heavy atom. The number of amides is 4. The van der Waals surface area contributed by atoms with Crippen molar-refractivity contribution in [2.45, 2.75) is 91.0 Å². The summed E-state index contributed by atoms with van der Waals surface area (Å²) in [4.78, 5) is 67.4. The lowest BCUT2D eigenvalue weighted by Crippen LogP contribution is -2.57. The van der Waals surface area contributed by atoms with E-state index in [4.69, 9.17) is 14.5 Å². The van der Waals surface area contributed by atoms with Gasteiger partial charge in [-0.15, -0.1) is 22.7 Å². The number of unbranched alkanes of at least 4 members (excludes halogenated alkanes) is 2. The van der Waals surface area contributed by atoms with E-state index in [0.29, 0.717) is 44.8 Å². The molecule has 14 nitrogen and oxygen atoms in total. The van der Waals surface area contributed by atoms with Crippen molar-refractivity contribution < 1.29 is 33.8 Å². The zero-order chi connectivity index (χ0) is 42.8. The average Bonchev–Trinajstić information content (AvgIpc) is 4.00. The molecule has 4 atom stereocenters. The third kappa shape index (κ3) is 11.7. The molecular formula is C44H57N7O7S2. The first-order valence-electron chi connectivity index (χ1n) is 20.6. The quantitative estimate of drug-likeness (QED) is 0.0993. The number of aliphatic hydroxyl groups excluding tert-OH is 1. The normalized spacial score (nSPS) is 17.8. The maximum Gasteiger partial charge on any atom is 0.257 e. The number of nitrogens with one attached hydrogen (secondary N) is 3. The van der Waals surface area contributed by atoms with E-state index in [1.165, 1.54) is 4.90 Å². The number of nitrogens with zero attached hydrogens (tertiary/aromatic N) is 4. The van der Waals surface area contributed by atoms with Crippen molar-refractivity contribution in [1.82, 2.24) is 30.8 Å². The second kappa shape index (κ2) is 20.6. The molecule has 16 heteroatoms. The molecule has 2 fully saturated rings. The summed E-state index contributed by atoms with van der Waals surface area (Å²) in [7, 11) is 0. The second-order valence-electron chi connectivity index (χ2n) is 16.4. The van der Waals surface area contributed by atoms with Crippen LogP contribution >= 0.6 is 22.7 Å². The van der Waals surface area contributed by atoms with E-state index >= 15 is 0 Å². The Balaban J connectivity index is 0.923. The highest BCUT2D eigenvalue weighted by atomic mass is 32.1. The van der Waals surface area contributed by atoms with Gasteiger partial charge in [-0.1, -0.05) is 63.6 Å². The fraction of sp³-hybridized carbons (Fsp3) is 0.500. The number of para-hydroxylation sites is 1. The van der Waals surface area contributed by atoms with Crippen LogP contribution in [0, 0.1) is 12.3 Å². The van der Waals surface area contributed by atoms with Crippen LogP contribution in [0.1, 0.15) is 77.1 Å². The highest BCUT2D eigenvalue weighted by molar-refractivity contribution is 7.14. The van der Waals surface area contributed by atoms with Crippen LogP contribution in [0.2, 0.25) is 0 Å². The molecule has 0 radical (unpaired) electrons. The summed E-state index contributed by atoms with van der Waals surface area (Å²) in [6.07, 6.45) is 1.36. The number of anilines is 1. The minimum Gasteiger partial charge on any atom is -0.483 e. The van der Waals surface area contributed by atoms with E-state index in [-0.39, 0.29) is 49.8 Å². The van der Waals surface area contributed by atoms with Gasteiger partial charge >= 0.3 is 0 Å². The number of aryl methyl sites for hydroxylation is 1. The monoisotopic (exact) mass is 859 g/mol. The Kier molecular flexibility index (Phi) is 15.3. The standard InChI is InChI=1S/C44H57N7O7S2/c1-28(30-14-16-31(17-15-30)39-29(2)46-27-60-39)47-41(55)35-23-32(52)24-51(35)42(56)40(44(3,4)5)49-37(53)13-7-6-10-18-45-38(54)25-58-36-12-9-8-11-33(36)34-26-59-43(48-34)50-19-21-57-22-20-50/h8-9,11-12,14-17,26-28,32,35,40,52H,6-7,10,13,18-25H2,1-5H3,(H,45,54)(H,47,55)(H,49,53)/t28-,32+,35-,40+/m1/s1. The molecule has 4 aromatic rings. The molecule has 0 spiro atoms. The summed E-state index contributed by atoms with van der Waals surface area (Å²) in [5.41, 5.74) is 5.71. The molecule has 322 valence electrons. The van der Waals surface area contributed by atoms with E-state index in [1.807, 2.05) is 94.0 Å². The van der Waals surface area contributed by atoms with Gasteiger partial charge in [0.05, 0.1) is 47.1 Å². The van der Waals surface area contributed by atoms with Gasteiger partial charge in [0.2, 0.25) is 17.7 Å². The Labute approximate surface area is 360 Å². The maximum absolute atomic E-state index is 14.1. The predicted molar refractivity (Wildman–Crippen MR) is 234 cm³/mol. The average molecular weight is 860 g/mol. The number of carbonyl (C=O) groups is 4. The Hall–Kier alpha value is -4.90. The number of hydrogen-bond acceptors (Lipinski definition) is 12. The number of thiazole rings is 2. The molecule has 0 unspecified atom stereocenters. The highest BCUT2D eigenvalue weighted by Crippen LogP contribution is 2.34. The number of rotatable bonds is 17. The molecule has 6 rings (SSSR count). The summed E-state index contributed by atoms with van der Waals surface area (Å²) >= 11 is 3.15. The third-order valence-corrected chi connectivity index (χ3v) is 12.6. The predicted octanol–water partition coefficient (Wildman–Crippen LogP) is 5.50. The fourth-order valence-electron chi connectivity index (χ4n) is 7.35. The Bertz CT molecular complexity index is 2080. The second-order valence-corrected chi connectivity index (χ2v) is 18.1.